The Hall–Kier alpha value is -3.47. The fraction of sp³-hybridized carbons (Fsp3) is 0.158. The first-order valence-electron chi connectivity index (χ1n) is 8.86. The van der Waals surface area contributed by atoms with E-state index in [4.69, 9.17) is 17.3 Å². The van der Waals surface area contributed by atoms with Crippen LogP contribution in [0.25, 0.3) is 28.3 Å². The Morgan fingerprint density at radius 1 is 1.16 bits per heavy atom. The second-order valence-electron chi connectivity index (χ2n) is 6.63. The first-order chi connectivity index (χ1) is 14.6. The van der Waals surface area contributed by atoms with Gasteiger partial charge in [0.15, 0.2) is 5.65 Å². The second kappa shape index (κ2) is 7.65. The Balaban J connectivity index is 1.90. The zero-order valence-electron chi connectivity index (χ0n) is 15.6. The van der Waals surface area contributed by atoms with Crippen LogP contribution in [-0.2, 0) is 6.54 Å². The van der Waals surface area contributed by atoms with E-state index < -0.39 is 30.9 Å². The number of hydrogen-bond acceptors (Lipinski definition) is 4. The van der Waals surface area contributed by atoms with Crippen LogP contribution < -0.4 is 5.73 Å². The summed E-state index contributed by atoms with van der Waals surface area (Å²) in [6.45, 7) is -0.424. The summed E-state index contributed by atoms with van der Waals surface area (Å²) < 4.78 is 54.6. The number of rotatable bonds is 5. The minimum atomic E-state index is -4.39. The molecule has 4 aromatic rings. The summed E-state index contributed by atoms with van der Waals surface area (Å²) in [5.74, 6) is -1.42. The molecule has 31 heavy (non-hydrogen) atoms. The minimum Gasteiger partial charge on any atom is -0.364 e. The lowest BCUT2D eigenvalue weighted by Gasteiger charge is -2.12. The maximum Gasteiger partial charge on any atom is 0.390 e. The van der Waals surface area contributed by atoms with Gasteiger partial charge in [0.05, 0.1) is 35.4 Å². The van der Waals surface area contributed by atoms with Crippen LogP contribution in [0, 0.1) is 5.82 Å². The molecular weight excluding hydrogens is 440 g/mol. The van der Waals surface area contributed by atoms with Crippen molar-refractivity contribution in [3.05, 3.63) is 59.4 Å². The van der Waals surface area contributed by atoms with Gasteiger partial charge in [0.2, 0.25) is 0 Å². The van der Waals surface area contributed by atoms with E-state index in [-0.39, 0.29) is 27.8 Å². The number of nitrogens with zero attached hydrogens (tertiary/aromatic N) is 5. The lowest BCUT2D eigenvalue weighted by molar-refractivity contribution is -0.136. The predicted octanol–water partition coefficient (Wildman–Crippen LogP) is 4.10. The minimum absolute atomic E-state index is 0.00424. The van der Waals surface area contributed by atoms with Gasteiger partial charge < -0.3 is 10.3 Å². The van der Waals surface area contributed by atoms with Crippen molar-refractivity contribution in [1.29, 1.82) is 0 Å². The lowest BCUT2D eigenvalue weighted by atomic mass is 10.1. The molecule has 0 unspecified atom stereocenters. The first kappa shape index (κ1) is 20.8. The third kappa shape index (κ3) is 4.08. The number of aryl methyl sites for hydroxylation is 1. The number of nitrogens with two attached hydrogens (primary N) is 1. The molecule has 0 saturated heterocycles. The first-order valence-corrected chi connectivity index (χ1v) is 9.24. The molecule has 3 heterocycles. The topological polar surface area (TPSA) is 91.1 Å². The number of primary amides is 1. The van der Waals surface area contributed by atoms with E-state index in [1.54, 1.807) is 0 Å². The molecule has 0 aliphatic heterocycles. The number of alkyl halides is 3. The fourth-order valence-corrected chi connectivity index (χ4v) is 3.27. The van der Waals surface area contributed by atoms with Crippen molar-refractivity contribution in [2.24, 2.45) is 5.73 Å². The SMILES string of the molecule is NC(=O)c1cnc2ccc(-c3c(-c4ccc(F)c(Cl)c4)ncn3CCC(F)(F)F)nn12. The van der Waals surface area contributed by atoms with E-state index in [9.17, 15) is 22.4 Å². The Bertz CT molecular complexity index is 1300. The summed E-state index contributed by atoms with van der Waals surface area (Å²) >= 11 is 5.87. The Morgan fingerprint density at radius 3 is 2.61 bits per heavy atom. The average Bonchev–Trinajstić information content (AvgIpc) is 3.31. The highest BCUT2D eigenvalue weighted by Gasteiger charge is 2.28. The fourth-order valence-electron chi connectivity index (χ4n) is 3.09. The quantitative estimate of drug-likeness (QED) is 0.461. The van der Waals surface area contributed by atoms with Crippen molar-refractivity contribution >= 4 is 23.2 Å². The largest absolute Gasteiger partial charge is 0.390 e. The van der Waals surface area contributed by atoms with Crippen LogP contribution >= 0.6 is 11.6 Å². The van der Waals surface area contributed by atoms with Gasteiger partial charge in [0.25, 0.3) is 5.91 Å². The van der Waals surface area contributed by atoms with Gasteiger partial charge in [-0.2, -0.15) is 18.3 Å². The van der Waals surface area contributed by atoms with E-state index in [1.165, 1.54) is 45.9 Å². The molecule has 4 rings (SSSR count). The number of imidazole rings is 2. The van der Waals surface area contributed by atoms with Gasteiger partial charge in [-0.15, -0.1) is 0 Å². The maximum absolute atomic E-state index is 13.6. The molecule has 160 valence electrons. The molecule has 2 N–H and O–H groups in total. The highest BCUT2D eigenvalue weighted by atomic mass is 35.5. The number of carbonyl (C=O) groups is 1. The van der Waals surface area contributed by atoms with Crippen molar-refractivity contribution in [2.75, 3.05) is 0 Å². The normalized spacial score (nSPS) is 11.9. The van der Waals surface area contributed by atoms with E-state index in [0.717, 1.165) is 6.07 Å². The van der Waals surface area contributed by atoms with Crippen LogP contribution in [0.4, 0.5) is 17.6 Å². The summed E-state index contributed by atoms with van der Waals surface area (Å²) in [7, 11) is 0. The molecule has 0 spiro atoms. The molecule has 0 saturated carbocycles. The van der Waals surface area contributed by atoms with Crippen molar-refractivity contribution in [3.63, 3.8) is 0 Å². The molecule has 0 aliphatic rings. The van der Waals surface area contributed by atoms with Gasteiger partial charge in [-0.3, -0.25) is 4.79 Å². The molecule has 12 heteroatoms. The summed E-state index contributed by atoms with van der Waals surface area (Å²) in [6.07, 6.45) is -3.00. The number of aromatic nitrogens is 5. The highest BCUT2D eigenvalue weighted by Crippen LogP contribution is 2.33. The van der Waals surface area contributed by atoms with Crippen molar-refractivity contribution < 1.29 is 22.4 Å². The van der Waals surface area contributed by atoms with Gasteiger partial charge >= 0.3 is 6.18 Å². The second-order valence-corrected chi connectivity index (χ2v) is 7.03. The highest BCUT2D eigenvalue weighted by molar-refractivity contribution is 6.31. The standard InChI is InChI=1S/C19H13ClF4N6O/c20-11-7-10(1-2-12(11)21)16-17(29(9-27-16)6-5-19(22,23)24)13-3-4-15-26-8-14(18(25)31)30(15)28-13/h1-4,7-9H,5-6H2,(H2,25,31). The number of benzene rings is 1. The number of halogens is 5. The van der Waals surface area contributed by atoms with Gasteiger partial charge in [0.1, 0.15) is 17.2 Å². The van der Waals surface area contributed by atoms with Gasteiger partial charge in [-0.1, -0.05) is 11.6 Å². The summed E-state index contributed by atoms with van der Waals surface area (Å²) in [6, 6.07) is 6.93. The Morgan fingerprint density at radius 2 is 1.94 bits per heavy atom. The maximum atomic E-state index is 13.6. The summed E-state index contributed by atoms with van der Waals surface area (Å²) in [5.41, 5.74) is 6.74. The van der Waals surface area contributed by atoms with E-state index in [0.29, 0.717) is 11.2 Å². The van der Waals surface area contributed by atoms with Gasteiger partial charge in [-0.05, 0) is 30.3 Å². The van der Waals surface area contributed by atoms with Gasteiger partial charge in [-0.25, -0.2) is 18.9 Å². The molecule has 0 fully saturated rings. The van der Waals surface area contributed by atoms with Crippen LogP contribution in [-0.4, -0.2) is 36.2 Å². The van der Waals surface area contributed by atoms with E-state index >= 15 is 0 Å². The van der Waals surface area contributed by atoms with Gasteiger partial charge in [0, 0.05) is 12.1 Å². The van der Waals surface area contributed by atoms with Crippen LogP contribution in [0.5, 0.6) is 0 Å². The van der Waals surface area contributed by atoms with Crippen LogP contribution in [0.1, 0.15) is 16.9 Å². The monoisotopic (exact) mass is 452 g/mol. The van der Waals surface area contributed by atoms with E-state index in [1.807, 2.05) is 0 Å². The Kier molecular flexibility index (Phi) is 5.13. The van der Waals surface area contributed by atoms with Crippen LogP contribution in [0.15, 0.2) is 42.9 Å². The van der Waals surface area contributed by atoms with Crippen LogP contribution in [0.2, 0.25) is 5.02 Å². The molecule has 0 aliphatic carbocycles. The Labute approximate surface area is 177 Å². The van der Waals surface area contributed by atoms with Crippen molar-refractivity contribution in [3.8, 4) is 22.6 Å². The van der Waals surface area contributed by atoms with Crippen LogP contribution in [0.3, 0.4) is 0 Å². The number of carbonyl (C=O) groups excluding carboxylic acids is 1. The van der Waals surface area contributed by atoms with Crippen molar-refractivity contribution in [1.82, 2.24) is 24.1 Å². The number of hydrogen-bond donors (Lipinski definition) is 1. The molecule has 7 nitrogen and oxygen atoms in total. The molecule has 1 amide bonds. The van der Waals surface area contributed by atoms with E-state index in [2.05, 4.69) is 15.1 Å². The molecule has 0 radical (unpaired) electrons. The summed E-state index contributed by atoms with van der Waals surface area (Å²) in [5, 5.41) is 4.17. The zero-order chi connectivity index (χ0) is 22.3. The molecule has 1 aromatic carbocycles. The molecule has 0 bridgehead atoms. The lowest BCUT2D eigenvalue weighted by Crippen LogP contribution is -2.15. The summed E-state index contributed by atoms with van der Waals surface area (Å²) in [4.78, 5) is 19.9. The molecule has 0 atom stereocenters. The number of amides is 1. The smallest absolute Gasteiger partial charge is 0.364 e. The number of fused-ring (bicyclic) bond motifs is 1. The molecular formula is C19H13ClF4N6O. The third-order valence-electron chi connectivity index (χ3n) is 4.52. The predicted molar refractivity (Wildman–Crippen MR) is 104 cm³/mol. The van der Waals surface area contributed by atoms with Crippen molar-refractivity contribution in [2.45, 2.75) is 19.1 Å². The zero-order valence-corrected chi connectivity index (χ0v) is 16.3. The third-order valence-corrected chi connectivity index (χ3v) is 4.81. The average molecular weight is 453 g/mol. The molecule has 3 aromatic heterocycles.